The normalized spacial score (nSPS) is 10.7. The summed E-state index contributed by atoms with van der Waals surface area (Å²) in [4.78, 5) is 16.4. The Morgan fingerprint density at radius 2 is 2.16 bits per heavy atom. The first kappa shape index (κ1) is 17.5. The highest BCUT2D eigenvalue weighted by atomic mass is 35.5. The van der Waals surface area contributed by atoms with Crippen molar-refractivity contribution in [2.45, 2.75) is 13.8 Å². The van der Waals surface area contributed by atoms with Gasteiger partial charge in [-0.15, -0.1) is 0 Å². The van der Waals surface area contributed by atoms with Gasteiger partial charge in [0, 0.05) is 5.69 Å². The monoisotopic (exact) mass is 376 g/mol. The number of anilines is 2. The lowest BCUT2D eigenvalue weighted by molar-refractivity contribution is -0.118. The minimum Gasteiger partial charge on any atom is -0.483 e. The molecule has 3 aromatic rings. The quantitative estimate of drug-likeness (QED) is 0.464. The van der Waals surface area contributed by atoms with Crippen LogP contribution in [-0.4, -0.2) is 17.5 Å². The Morgan fingerprint density at radius 3 is 2.92 bits per heavy atom. The Bertz CT molecular complexity index is 942. The molecule has 0 atom stereocenters. The number of nitrogens with zero attached hydrogens (tertiary/aromatic N) is 1. The van der Waals surface area contributed by atoms with E-state index in [9.17, 15) is 4.79 Å². The van der Waals surface area contributed by atoms with E-state index in [4.69, 9.17) is 22.2 Å². The second-order valence-corrected chi connectivity index (χ2v) is 6.94. The average molecular weight is 377 g/mol. The molecule has 0 aliphatic carbocycles. The van der Waals surface area contributed by atoms with Gasteiger partial charge in [-0.1, -0.05) is 35.1 Å². The number of hydrogen-bond acceptors (Lipinski definition) is 6. The topological polar surface area (TPSA) is 89.3 Å². The number of aromatic nitrogens is 1. The Morgan fingerprint density at radius 1 is 1.36 bits per heavy atom. The van der Waals surface area contributed by atoms with Crippen LogP contribution in [0.4, 0.5) is 10.8 Å². The van der Waals surface area contributed by atoms with Crippen LogP contribution in [0.2, 0.25) is 5.02 Å². The molecule has 4 N–H and O–H groups in total. The number of rotatable bonds is 5. The number of fused-ring (bicyclic) bond motifs is 1. The van der Waals surface area contributed by atoms with Crippen LogP contribution in [0.15, 0.2) is 30.3 Å². The van der Waals surface area contributed by atoms with Gasteiger partial charge in [0.15, 0.2) is 11.7 Å². The molecular formula is C17H17ClN4O2S. The molecule has 0 bridgehead atoms. The van der Waals surface area contributed by atoms with Gasteiger partial charge in [0.05, 0.1) is 9.72 Å². The highest BCUT2D eigenvalue weighted by molar-refractivity contribution is 7.22. The number of carbonyl (C=O) groups excluding carboxylic acids is 1. The van der Waals surface area contributed by atoms with E-state index in [0.29, 0.717) is 27.1 Å². The van der Waals surface area contributed by atoms with Crippen molar-refractivity contribution in [2.24, 2.45) is 5.84 Å². The molecule has 0 spiro atoms. The number of thiazole rings is 1. The summed E-state index contributed by atoms with van der Waals surface area (Å²) in [6, 6.07) is 9.20. The number of amides is 1. The van der Waals surface area contributed by atoms with Crippen molar-refractivity contribution < 1.29 is 9.53 Å². The van der Waals surface area contributed by atoms with Crippen molar-refractivity contribution in [1.82, 2.24) is 4.98 Å². The van der Waals surface area contributed by atoms with Gasteiger partial charge in [0.1, 0.15) is 11.3 Å². The third kappa shape index (κ3) is 3.84. The molecule has 2 aromatic carbocycles. The van der Waals surface area contributed by atoms with E-state index >= 15 is 0 Å². The lowest BCUT2D eigenvalue weighted by atomic mass is 10.1. The van der Waals surface area contributed by atoms with Gasteiger partial charge in [-0.3, -0.25) is 10.2 Å². The number of carbonyl (C=O) groups is 1. The molecule has 6 nitrogen and oxygen atoms in total. The van der Waals surface area contributed by atoms with E-state index in [1.165, 1.54) is 11.3 Å². The lowest BCUT2D eigenvalue weighted by Crippen LogP contribution is -2.20. The fourth-order valence-corrected chi connectivity index (χ4v) is 3.50. The lowest BCUT2D eigenvalue weighted by Gasteiger charge is -2.11. The number of halogens is 1. The van der Waals surface area contributed by atoms with E-state index in [0.717, 1.165) is 15.8 Å². The van der Waals surface area contributed by atoms with Crippen molar-refractivity contribution in [1.29, 1.82) is 0 Å². The van der Waals surface area contributed by atoms with E-state index in [-0.39, 0.29) is 12.5 Å². The molecule has 3 rings (SSSR count). The number of hydrazine groups is 1. The summed E-state index contributed by atoms with van der Waals surface area (Å²) in [7, 11) is 0. The predicted octanol–water partition coefficient (Wildman–Crippen LogP) is 3.87. The zero-order chi connectivity index (χ0) is 18.0. The number of hydrogen-bond donors (Lipinski definition) is 3. The summed E-state index contributed by atoms with van der Waals surface area (Å²) in [5.41, 5.74) is 5.85. The van der Waals surface area contributed by atoms with Crippen LogP contribution in [0, 0.1) is 13.8 Å². The maximum Gasteiger partial charge on any atom is 0.262 e. The van der Waals surface area contributed by atoms with Crippen LogP contribution in [0.3, 0.4) is 0 Å². The van der Waals surface area contributed by atoms with E-state index < -0.39 is 0 Å². The Kier molecular flexibility index (Phi) is 5.08. The fourth-order valence-electron chi connectivity index (χ4n) is 2.34. The average Bonchev–Trinajstić information content (AvgIpc) is 3.00. The van der Waals surface area contributed by atoms with Gasteiger partial charge >= 0.3 is 0 Å². The van der Waals surface area contributed by atoms with E-state index in [1.54, 1.807) is 12.1 Å². The summed E-state index contributed by atoms with van der Waals surface area (Å²) < 4.78 is 6.43. The zero-order valence-electron chi connectivity index (χ0n) is 13.7. The van der Waals surface area contributed by atoms with Crippen LogP contribution in [0.25, 0.3) is 10.2 Å². The van der Waals surface area contributed by atoms with Gasteiger partial charge in [-0.2, -0.15) is 0 Å². The van der Waals surface area contributed by atoms with Gasteiger partial charge in [-0.25, -0.2) is 10.8 Å². The molecule has 8 heteroatoms. The number of nitrogen functional groups attached to an aromatic ring is 1. The number of nitrogens with one attached hydrogen (secondary N) is 2. The van der Waals surface area contributed by atoms with Gasteiger partial charge < -0.3 is 10.1 Å². The highest BCUT2D eigenvalue weighted by Gasteiger charge is 2.11. The molecule has 0 saturated heterocycles. The SMILES string of the molecule is Cc1cccc(OCC(=O)Nc2cc(Cl)c3nc(NN)sc3c2)c1C. The summed E-state index contributed by atoms with van der Waals surface area (Å²) in [5, 5.41) is 3.79. The van der Waals surface area contributed by atoms with Gasteiger partial charge in [0.2, 0.25) is 0 Å². The molecule has 0 fully saturated rings. The summed E-state index contributed by atoms with van der Waals surface area (Å²) >= 11 is 7.57. The second-order valence-electron chi connectivity index (χ2n) is 5.50. The predicted molar refractivity (Wildman–Crippen MR) is 102 cm³/mol. The molecule has 0 aliphatic heterocycles. The minimum atomic E-state index is -0.266. The van der Waals surface area contributed by atoms with Gasteiger partial charge in [-0.05, 0) is 43.2 Å². The van der Waals surface area contributed by atoms with E-state index in [1.807, 2.05) is 32.0 Å². The van der Waals surface area contributed by atoms with Crippen molar-refractivity contribution in [2.75, 3.05) is 17.3 Å². The van der Waals surface area contributed by atoms with Crippen molar-refractivity contribution >= 4 is 49.9 Å². The molecule has 0 aliphatic rings. The third-order valence-corrected chi connectivity index (χ3v) is 4.99. The van der Waals surface area contributed by atoms with Crippen molar-refractivity contribution in [3.05, 3.63) is 46.5 Å². The van der Waals surface area contributed by atoms with Crippen molar-refractivity contribution in [3.8, 4) is 5.75 Å². The first-order chi connectivity index (χ1) is 12.0. The van der Waals surface area contributed by atoms with Crippen LogP contribution in [0.5, 0.6) is 5.75 Å². The molecule has 0 saturated carbocycles. The van der Waals surface area contributed by atoms with Gasteiger partial charge in [0.25, 0.3) is 5.91 Å². The summed E-state index contributed by atoms with van der Waals surface area (Å²) in [6.07, 6.45) is 0. The summed E-state index contributed by atoms with van der Waals surface area (Å²) in [5.74, 6) is 5.80. The number of ether oxygens (including phenoxy) is 1. The van der Waals surface area contributed by atoms with Crippen molar-refractivity contribution in [3.63, 3.8) is 0 Å². The maximum atomic E-state index is 12.2. The minimum absolute atomic E-state index is 0.0851. The Balaban J connectivity index is 1.70. The second kappa shape index (κ2) is 7.26. The molecule has 1 aromatic heterocycles. The standard InChI is InChI=1S/C17H17ClN4O2S/c1-9-4-3-5-13(10(9)2)24-8-15(23)20-11-6-12(18)16-14(7-11)25-17(21-16)22-19/h3-7H,8,19H2,1-2H3,(H,20,23)(H,21,22). The molecule has 0 radical (unpaired) electrons. The smallest absolute Gasteiger partial charge is 0.262 e. The third-order valence-electron chi connectivity index (χ3n) is 3.77. The van der Waals surface area contributed by atoms with Crippen LogP contribution < -0.4 is 21.3 Å². The number of aryl methyl sites for hydroxylation is 1. The highest BCUT2D eigenvalue weighted by Crippen LogP contribution is 2.33. The fraction of sp³-hybridized carbons (Fsp3) is 0.176. The Hall–Kier alpha value is -2.35. The maximum absolute atomic E-state index is 12.2. The molecule has 1 heterocycles. The Labute approximate surface area is 153 Å². The van der Waals surface area contributed by atoms with Crippen LogP contribution >= 0.6 is 22.9 Å². The molecule has 130 valence electrons. The summed E-state index contributed by atoms with van der Waals surface area (Å²) in [6.45, 7) is 3.88. The number of benzene rings is 2. The first-order valence-corrected chi connectivity index (χ1v) is 8.73. The number of nitrogens with two attached hydrogens (primary N) is 1. The van der Waals surface area contributed by atoms with Crippen LogP contribution in [-0.2, 0) is 4.79 Å². The molecule has 25 heavy (non-hydrogen) atoms. The zero-order valence-corrected chi connectivity index (χ0v) is 15.3. The van der Waals surface area contributed by atoms with E-state index in [2.05, 4.69) is 15.7 Å². The molecular weight excluding hydrogens is 360 g/mol. The first-order valence-electron chi connectivity index (χ1n) is 7.53. The molecule has 0 unspecified atom stereocenters. The molecule has 1 amide bonds. The largest absolute Gasteiger partial charge is 0.483 e. The van der Waals surface area contributed by atoms with Crippen LogP contribution in [0.1, 0.15) is 11.1 Å².